The highest BCUT2D eigenvalue weighted by atomic mass is 16.5. The van der Waals surface area contributed by atoms with Crippen LogP contribution in [0.2, 0.25) is 0 Å². The van der Waals surface area contributed by atoms with E-state index < -0.39 is 0 Å². The van der Waals surface area contributed by atoms with Gasteiger partial charge in [0.1, 0.15) is 0 Å². The summed E-state index contributed by atoms with van der Waals surface area (Å²) in [7, 11) is 0. The van der Waals surface area contributed by atoms with E-state index in [4.69, 9.17) is 4.74 Å². The Kier molecular flexibility index (Phi) is 9.36. The van der Waals surface area contributed by atoms with Crippen LogP contribution >= 0.6 is 0 Å². The number of rotatable bonds is 10. The Balaban J connectivity index is 1.58. The molecule has 0 saturated carbocycles. The summed E-state index contributed by atoms with van der Waals surface area (Å²) in [4.78, 5) is 7.91. The average molecular weight is 368 g/mol. The van der Waals surface area contributed by atoms with Crippen molar-refractivity contribution in [3.05, 3.63) is 0 Å². The first-order valence-corrected chi connectivity index (χ1v) is 11.1. The molecule has 0 N–H and O–H groups in total. The van der Waals surface area contributed by atoms with E-state index in [-0.39, 0.29) is 0 Å². The molecule has 0 spiro atoms. The van der Waals surface area contributed by atoms with Crippen LogP contribution in [0.4, 0.5) is 0 Å². The fraction of sp³-hybridized carbons (Fsp3) is 1.00. The zero-order valence-electron chi connectivity index (χ0n) is 18.3. The third-order valence-corrected chi connectivity index (χ3v) is 6.07. The molecular weight excluding hydrogens is 322 g/mol. The molecule has 26 heavy (non-hydrogen) atoms. The maximum absolute atomic E-state index is 5.98. The van der Waals surface area contributed by atoms with Crippen molar-refractivity contribution in [2.45, 2.75) is 65.8 Å². The standard InChI is InChI=1S/C22H45N3O/c1-20(2)17-24-13-14-25(22(4,5)19-24)12-9-21(3)18-26-16-15-23-10-7-6-8-11-23/h20-21H,6-19H2,1-5H3. The summed E-state index contributed by atoms with van der Waals surface area (Å²) in [5.41, 5.74) is 0.294. The first-order valence-electron chi connectivity index (χ1n) is 11.1. The van der Waals surface area contributed by atoms with Gasteiger partial charge in [0.2, 0.25) is 0 Å². The van der Waals surface area contributed by atoms with Crippen molar-refractivity contribution in [1.29, 1.82) is 0 Å². The molecule has 2 aliphatic rings. The van der Waals surface area contributed by atoms with Gasteiger partial charge in [-0.05, 0) is 64.6 Å². The molecule has 0 aromatic rings. The molecule has 0 bridgehead atoms. The van der Waals surface area contributed by atoms with Gasteiger partial charge in [-0.15, -0.1) is 0 Å². The van der Waals surface area contributed by atoms with E-state index in [9.17, 15) is 0 Å². The predicted molar refractivity (Wildman–Crippen MR) is 112 cm³/mol. The Morgan fingerprint density at radius 2 is 1.62 bits per heavy atom. The molecule has 1 atom stereocenters. The molecule has 2 fully saturated rings. The van der Waals surface area contributed by atoms with Gasteiger partial charge in [0.25, 0.3) is 0 Å². The summed E-state index contributed by atoms with van der Waals surface area (Å²) in [6.45, 7) is 23.4. The van der Waals surface area contributed by atoms with Crippen LogP contribution in [0.5, 0.6) is 0 Å². The number of piperidine rings is 1. The molecule has 2 heterocycles. The van der Waals surface area contributed by atoms with Crippen molar-refractivity contribution in [2.24, 2.45) is 11.8 Å². The van der Waals surface area contributed by atoms with Gasteiger partial charge in [-0.1, -0.05) is 27.2 Å². The Morgan fingerprint density at radius 3 is 2.27 bits per heavy atom. The Bertz CT molecular complexity index is 380. The van der Waals surface area contributed by atoms with Crippen molar-refractivity contribution < 1.29 is 4.74 Å². The third-order valence-electron chi connectivity index (χ3n) is 6.07. The van der Waals surface area contributed by atoms with Gasteiger partial charge in [-0.25, -0.2) is 0 Å². The van der Waals surface area contributed by atoms with E-state index >= 15 is 0 Å². The smallest absolute Gasteiger partial charge is 0.0593 e. The minimum atomic E-state index is 0.294. The summed E-state index contributed by atoms with van der Waals surface area (Å²) in [5, 5.41) is 0. The van der Waals surface area contributed by atoms with E-state index in [0.717, 1.165) is 25.7 Å². The Morgan fingerprint density at radius 1 is 0.885 bits per heavy atom. The molecule has 0 aromatic carbocycles. The quantitative estimate of drug-likeness (QED) is 0.550. The second kappa shape index (κ2) is 11.0. The minimum Gasteiger partial charge on any atom is -0.380 e. The maximum Gasteiger partial charge on any atom is 0.0593 e. The molecule has 4 nitrogen and oxygen atoms in total. The average Bonchev–Trinajstić information content (AvgIpc) is 2.57. The molecule has 1 unspecified atom stereocenters. The Labute approximate surface area is 163 Å². The molecule has 0 radical (unpaired) electrons. The first kappa shape index (κ1) is 22.1. The van der Waals surface area contributed by atoms with E-state index in [1.54, 1.807) is 0 Å². The van der Waals surface area contributed by atoms with Crippen molar-refractivity contribution in [2.75, 3.05) is 65.6 Å². The molecule has 0 aromatic heterocycles. The second-order valence-corrected chi connectivity index (χ2v) is 9.80. The van der Waals surface area contributed by atoms with Crippen molar-refractivity contribution in [3.63, 3.8) is 0 Å². The number of hydrogen-bond acceptors (Lipinski definition) is 4. The summed E-state index contributed by atoms with van der Waals surface area (Å²) in [6.07, 6.45) is 5.40. The number of hydrogen-bond donors (Lipinski definition) is 0. The molecule has 154 valence electrons. The van der Waals surface area contributed by atoms with Crippen LogP contribution in [0.1, 0.15) is 60.3 Å². The SMILES string of the molecule is CC(C)CN1CCN(CCC(C)COCCN2CCCCC2)C(C)(C)C1. The van der Waals surface area contributed by atoms with E-state index in [2.05, 4.69) is 49.3 Å². The largest absolute Gasteiger partial charge is 0.380 e. The third kappa shape index (κ3) is 7.84. The van der Waals surface area contributed by atoms with Gasteiger partial charge in [-0.3, -0.25) is 9.80 Å². The van der Waals surface area contributed by atoms with Crippen molar-refractivity contribution in [1.82, 2.24) is 14.7 Å². The topological polar surface area (TPSA) is 19.0 Å². The molecular formula is C22H45N3O. The summed E-state index contributed by atoms with van der Waals surface area (Å²) in [6, 6.07) is 0. The van der Waals surface area contributed by atoms with E-state index in [0.29, 0.717) is 11.5 Å². The van der Waals surface area contributed by atoms with Crippen LogP contribution in [0.25, 0.3) is 0 Å². The van der Waals surface area contributed by atoms with E-state index in [1.807, 2.05) is 0 Å². The van der Waals surface area contributed by atoms with Crippen LogP contribution in [0.3, 0.4) is 0 Å². The van der Waals surface area contributed by atoms with Crippen LogP contribution in [-0.2, 0) is 4.74 Å². The molecule has 2 aliphatic heterocycles. The van der Waals surface area contributed by atoms with Crippen molar-refractivity contribution in [3.8, 4) is 0 Å². The summed E-state index contributed by atoms with van der Waals surface area (Å²) < 4.78 is 5.98. The molecule has 0 amide bonds. The van der Waals surface area contributed by atoms with Crippen LogP contribution in [0, 0.1) is 11.8 Å². The Hall–Kier alpha value is -0.160. The summed E-state index contributed by atoms with van der Waals surface area (Å²) >= 11 is 0. The number of piperazine rings is 1. The van der Waals surface area contributed by atoms with Crippen molar-refractivity contribution >= 4 is 0 Å². The second-order valence-electron chi connectivity index (χ2n) is 9.80. The lowest BCUT2D eigenvalue weighted by molar-refractivity contribution is 0.00759. The van der Waals surface area contributed by atoms with Gasteiger partial charge < -0.3 is 9.64 Å². The number of ether oxygens (including phenoxy) is 1. The highest BCUT2D eigenvalue weighted by Crippen LogP contribution is 2.22. The molecule has 2 rings (SSSR count). The van der Waals surface area contributed by atoms with E-state index in [1.165, 1.54) is 71.5 Å². The number of likely N-dealkylation sites (tertiary alicyclic amines) is 1. The maximum atomic E-state index is 5.98. The van der Waals surface area contributed by atoms with Gasteiger partial charge in [0.05, 0.1) is 6.61 Å². The van der Waals surface area contributed by atoms with Gasteiger partial charge in [-0.2, -0.15) is 0 Å². The minimum absolute atomic E-state index is 0.294. The lowest BCUT2D eigenvalue weighted by Gasteiger charge is -2.48. The lowest BCUT2D eigenvalue weighted by atomic mass is 9.96. The zero-order chi connectivity index (χ0) is 19.0. The monoisotopic (exact) mass is 367 g/mol. The zero-order valence-corrected chi connectivity index (χ0v) is 18.3. The normalized spacial score (nSPS) is 24.2. The fourth-order valence-electron chi connectivity index (χ4n) is 4.50. The van der Waals surface area contributed by atoms with Crippen LogP contribution < -0.4 is 0 Å². The summed E-state index contributed by atoms with van der Waals surface area (Å²) in [5.74, 6) is 1.42. The van der Waals surface area contributed by atoms with Crippen LogP contribution in [-0.4, -0.2) is 85.8 Å². The highest BCUT2D eigenvalue weighted by molar-refractivity contribution is 4.90. The molecule has 4 heteroatoms. The van der Waals surface area contributed by atoms with Gasteiger partial charge >= 0.3 is 0 Å². The lowest BCUT2D eigenvalue weighted by Crippen LogP contribution is -2.59. The fourth-order valence-corrected chi connectivity index (χ4v) is 4.50. The van der Waals surface area contributed by atoms with Crippen LogP contribution in [0.15, 0.2) is 0 Å². The number of nitrogens with zero attached hydrogens (tertiary/aromatic N) is 3. The van der Waals surface area contributed by atoms with Gasteiger partial charge in [0.15, 0.2) is 0 Å². The predicted octanol–water partition coefficient (Wildman–Crippen LogP) is 3.57. The molecule has 0 aliphatic carbocycles. The van der Waals surface area contributed by atoms with Gasteiger partial charge in [0, 0.05) is 44.9 Å². The highest BCUT2D eigenvalue weighted by Gasteiger charge is 2.33. The molecule has 2 saturated heterocycles. The first-order chi connectivity index (χ1) is 12.4.